The van der Waals surface area contributed by atoms with Crippen molar-refractivity contribution < 1.29 is 18.7 Å². The minimum Gasteiger partial charge on any atom is -0.493 e. The van der Waals surface area contributed by atoms with Crippen LogP contribution in [0.3, 0.4) is 0 Å². The van der Waals surface area contributed by atoms with Crippen LogP contribution in [0.5, 0.6) is 11.5 Å². The van der Waals surface area contributed by atoms with Gasteiger partial charge >= 0.3 is 0 Å². The largest absolute Gasteiger partial charge is 0.493 e. The predicted octanol–water partition coefficient (Wildman–Crippen LogP) is 4.60. The second-order valence-corrected chi connectivity index (χ2v) is 8.29. The molecule has 0 aromatic heterocycles. The minimum atomic E-state index is -0.565. The van der Waals surface area contributed by atoms with Gasteiger partial charge < -0.3 is 15.2 Å². The van der Waals surface area contributed by atoms with Crippen LogP contribution in [0.25, 0.3) is 0 Å². The highest BCUT2D eigenvalue weighted by Gasteiger charge is 2.36. The zero-order valence-electron chi connectivity index (χ0n) is 19.0. The van der Waals surface area contributed by atoms with E-state index < -0.39 is 6.04 Å². The van der Waals surface area contributed by atoms with Gasteiger partial charge in [-0.25, -0.2) is 4.39 Å². The standard InChI is InChI=1S/C27H29FN2O3/c1-32-24-16-20-13-14-30(26(27(29)31)19-8-4-3-5-9-19)23(22(20)17-25(24)33-2)12-11-18-7-6-10-21(28)15-18/h3-10,15-17,23,26H,11-14H2,1-2H3,(H2,29,31)/t23-,26?/m0/s1. The average Bonchev–Trinajstić information content (AvgIpc) is 2.83. The van der Waals surface area contributed by atoms with E-state index in [2.05, 4.69) is 4.90 Å². The van der Waals surface area contributed by atoms with Gasteiger partial charge in [-0.3, -0.25) is 9.69 Å². The number of halogens is 1. The average molecular weight is 449 g/mol. The van der Waals surface area contributed by atoms with E-state index in [-0.39, 0.29) is 17.8 Å². The van der Waals surface area contributed by atoms with Crippen molar-refractivity contribution in [3.05, 3.63) is 94.8 Å². The number of hydrogen-bond donors (Lipinski definition) is 1. The van der Waals surface area contributed by atoms with E-state index in [4.69, 9.17) is 15.2 Å². The van der Waals surface area contributed by atoms with E-state index in [1.54, 1.807) is 26.4 Å². The number of methoxy groups -OCH3 is 2. The van der Waals surface area contributed by atoms with E-state index in [0.29, 0.717) is 30.9 Å². The molecular weight excluding hydrogens is 419 g/mol. The summed E-state index contributed by atoms with van der Waals surface area (Å²) in [6.07, 6.45) is 2.11. The Labute approximate surface area is 193 Å². The Bertz CT molecular complexity index is 1120. The summed E-state index contributed by atoms with van der Waals surface area (Å²) in [6.45, 7) is 0.665. The molecular formula is C27H29FN2O3. The molecule has 2 N–H and O–H groups in total. The van der Waals surface area contributed by atoms with E-state index in [1.165, 1.54) is 6.07 Å². The topological polar surface area (TPSA) is 64.8 Å². The second-order valence-electron chi connectivity index (χ2n) is 8.29. The van der Waals surface area contributed by atoms with Crippen LogP contribution < -0.4 is 15.2 Å². The number of ether oxygens (including phenoxy) is 2. The van der Waals surface area contributed by atoms with Gasteiger partial charge in [0.2, 0.25) is 5.91 Å². The van der Waals surface area contributed by atoms with Crippen LogP contribution >= 0.6 is 0 Å². The van der Waals surface area contributed by atoms with E-state index in [9.17, 15) is 9.18 Å². The quantitative estimate of drug-likeness (QED) is 0.547. The number of carbonyl (C=O) groups excluding carboxylic acids is 1. The first-order chi connectivity index (χ1) is 16.0. The van der Waals surface area contributed by atoms with Crippen LogP contribution in [0, 0.1) is 5.82 Å². The molecule has 0 spiro atoms. The zero-order valence-corrected chi connectivity index (χ0v) is 19.0. The number of fused-ring (bicyclic) bond motifs is 1. The summed E-state index contributed by atoms with van der Waals surface area (Å²) < 4.78 is 24.9. The third-order valence-corrected chi connectivity index (χ3v) is 6.36. The fourth-order valence-corrected chi connectivity index (χ4v) is 4.83. The van der Waals surface area contributed by atoms with Crippen molar-refractivity contribution in [2.45, 2.75) is 31.3 Å². The van der Waals surface area contributed by atoms with Crippen LogP contribution in [0.4, 0.5) is 4.39 Å². The molecule has 0 saturated carbocycles. The van der Waals surface area contributed by atoms with Crippen molar-refractivity contribution in [2.24, 2.45) is 5.73 Å². The van der Waals surface area contributed by atoms with Gasteiger partial charge in [0.25, 0.3) is 0 Å². The molecule has 1 amide bonds. The maximum atomic E-state index is 13.8. The third kappa shape index (κ3) is 4.86. The monoisotopic (exact) mass is 448 g/mol. The molecule has 172 valence electrons. The Hall–Kier alpha value is -3.38. The number of aryl methyl sites for hydroxylation is 1. The van der Waals surface area contributed by atoms with Crippen LogP contribution in [-0.4, -0.2) is 31.6 Å². The smallest absolute Gasteiger partial charge is 0.239 e. The Kier molecular flexibility index (Phi) is 6.94. The molecule has 0 bridgehead atoms. The van der Waals surface area contributed by atoms with Gasteiger partial charge in [0.05, 0.1) is 14.2 Å². The second kappa shape index (κ2) is 10.0. The van der Waals surface area contributed by atoms with Gasteiger partial charge in [-0.1, -0.05) is 42.5 Å². The molecule has 0 saturated heterocycles. The van der Waals surface area contributed by atoms with Crippen molar-refractivity contribution in [3.8, 4) is 11.5 Å². The van der Waals surface area contributed by atoms with Gasteiger partial charge in [0.15, 0.2) is 11.5 Å². The normalized spacial score (nSPS) is 16.6. The van der Waals surface area contributed by atoms with Crippen molar-refractivity contribution in [2.75, 3.05) is 20.8 Å². The molecule has 1 heterocycles. The number of benzene rings is 3. The molecule has 4 rings (SSSR count). The summed E-state index contributed by atoms with van der Waals surface area (Å²) in [6, 6.07) is 19.6. The van der Waals surface area contributed by atoms with Crippen molar-refractivity contribution in [3.63, 3.8) is 0 Å². The Morgan fingerprint density at radius 2 is 1.79 bits per heavy atom. The number of rotatable bonds is 8. The van der Waals surface area contributed by atoms with E-state index in [0.717, 1.165) is 28.7 Å². The lowest BCUT2D eigenvalue weighted by atomic mass is 9.86. The number of amides is 1. The number of carbonyl (C=O) groups is 1. The summed E-state index contributed by atoms with van der Waals surface area (Å²) >= 11 is 0. The maximum absolute atomic E-state index is 13.8. The first kappa shape index (κ1) is 22.8. The maximum Gasteiger partial charge on any atom is 0.239 e. The van der Waals surface area contributed by atoms with Gasteiger partial charge in [-0.05, 0) is 65.8 Å². The molecule has 3 aromatic carbocycles. The van der Waals surface area contributed by atoms with Crippen LogP contribution in [0.2, 0.25) is 0 Å². The first-order valence-corrected chi connectivity index (χ1v) is 11.1. The van der Waals surface area contributed by atoms with Crippen LogP contribution in [-0.2, 0) is 17.6 Å². The molecule has 1 unspecified atom stereocenters. The lowest BCUT2D eigenvalue weighted by Crippen LogP contribution is -2.44. The van der Waals surface area contributed by atoms with Crippen molar-refractivity contribution in [1.82, 2.24) is 4.90 Å². The summed E-state index contributed by atoms with van der Waals surface area (Å²) in [5.41, 5.74) is 9.95. The SMILES string of the molecule is COc1cc2c(cc1OC)[C@H](CCc1cccc(F)c1)N(C(C(N)=O)c1ccccc1)CC2. The molecule has 2 atom stereocenters. The molecule has 0 radical (unpaired) electrons. The fraction of sp³-hybridized carbons (Fsp3) is 0.296. The highest BCUT2D eigenvalue weighted by Crippen LogP contribution is 2.43. The molecule has 1 aliphatic heterocycles. The Balaban J connectivity index is 1.76. The summed E-state index contributed by atoms with van der Waals surface area (Å²) in [5.74, 6) is 0.687. The molecule has 5 nitrogen and oxygen atoms in total. The number of primary amides is 1. The third-order valence-electron chi connectivity index (χ3n) is 6.36. The lowest BCUT2D eigenvalue weighted by Gasteiger charge is -2.41. The number of hydrogen-bond acceptors (Lipinski definition) is 4. The van der Waals surface area contributed by atoms with Crippen LogP contribution in [0.15, 0.2) is 66.7 Å². The highest BCUT2D eigenvalue weighted by molar-refractivity contribution is 5.81. The lowest BCUT2D eigenvalue weighted by molar-refractivity contribution is -0.124. The van der Waals surface area contributed by atoms with Gasteiger partial charge in [-0.15, -0.1) is 0 Å². The zero-order chi connectivity index (χ0) is 23.4. The van der Waals surface area contributed by atoms with Gasteiger partial charge in [0.1, 0.15) is 11.9 Å². The van der Waals surface area contributed by atoms with Crippen molar-refractivity contribution in [1.29, 1.82) is 0 Å². The summed E-state index contributed by atoms with van der Waals surface area (Å²) in [5, 5.41) is 0. The molecule has 3 aromatic rings. The van der Waals surface area contributed by atoms with E-state index >= 15 is 0 Å². The van der Waals surface area contributed by atoms with Gasteiger partial charge in [-0.2, -0.15) is 0 Å². The molecule has 6 heteroatoms. The molecule has 1 aliphatic rings. The molecule has 0 aliphatic carbocycles. The number of nitrogens with two attached hydrogens (primary N) is 1. The predicted molar refractivity (Wildman–Crippen MR) is 126 cm³/mol. The Morgan fingerprint density at radius 3 is 2.45 bits per heavy atom. The van der Waals surface area contributed by atoms with Crippen LogP contribution in [0.1, 0.15) is 40.8 Å². The summed E-state index contributed by atoms with van der Waals surface area (Å²) in [4.78, 5) is 14.9. The number of nitrogens with zero attached hydrogens (tertiary/aromatic N) is 1. The van der Waals surface area contributed by atoms with E-state index in [1.807, 2.05) is 48.5 Å². The highest BCUT2D eigenvalue weighted by atomic mass is 19.1. The fourth-order valence-electron chi connectivity index (χ4n) is 4.83. The first-order valence-electron chi connectivity index (χ1n) is 11.1. The van der Waals surface area contributed by atoms with Crippen molar-refractivity contribution >= 4 is 5.91 Å². The van der Waals surface area contributed by atoms with Gasteiger partial charge in [0, 0.05) is 12.6 Å². The summed E-state index contributed by atoms with van der Waals surface area (Å²) in [7, 11) is 3.24. The Morgan fingerprint density at radius 1 is 1.06 bits per heavy atom. The molecule has 0 fully saturated rings. The minimum absolute atomic E-state index is 0.102. The molecule has 33 heavy (non-hydrogen) atoms.